The number of methoxy groups -OCH3 is 1. The van der Waals surface area contributed by atoms with Crippen LogP contribution in [0, 0.1) is 0 Å². The Bertz CT molecular complexity index is 134. The second kappa shape index (κ2) is 12.9. The molecule has 0 amide bonds. The van der Waals surface area contributed by atoms with Crippen molar-refractivity contribution in [3.05, 3.63) is 0 Å². The Labute approximate surface area is 100 Å². The summed E-state index contributed by atoms with van der Waals surface area (Å²) in [5.74, 6) is 0. The highest BCUT2D eigenvalue weighted by Crippen LogP contribution is 1.94. The summed E-state index contributed by atoms with van der Waals surface area (Å²) < 4.78 is 10.5. The molecule has 0 fully saturated rings. The number of rotatable bonds is 12. The summed E-state index contributed by atoms with van der Waals surface area (Å²) in [5.41, 5.74) is 5.51. The van der Waals surface area contributed by atoms with Crippen LogP contribution in [-0.4, -0.2) is 58.0 Å². The van der Waals surface area contributed by atoms with Crippen molar-refractivity contribution in [3.63, 3.8) is 0 Å². The second-order valence-electron chi connectivity index (χ2n) is 3.94. The number of hydrogen-bond acceptors (Lipinski definition) is 4. The van der Waals surface area contributed by atoms with Gasteiger partial charge >= 0.3 is 0 Å². The van der Waals surface area contributed by atoms with Crippen LogP contribution in [0.2, 0.25) is 0 Å². The van der Waals surface area contributed by atoms with Crippen molar-refractivity contribution in [2.75, 3.05) is 53.1 Å². The predicted octanol–water partition coefficient (Wildman–Crippen LogP) is 1.10. The molecule has 0 aliphatic heterocycles. The van der Waals surface area contributed by atoms with Gasteiger partial charge in [0, 0.05) is 26.9 Å². The highest BCUT2D eigenvalue weighted by molar-refractivity contribution is 4.57. The topological polar surface area (TPSA) is 47.7 Å². The monoisotopic (exact) mass is 232 g/mol. The van der Waals surface area contributed by atoms with E-state index >= 15 is 0 Å². The van der Waals surface area contributed by atoms with Crippen LogP contribution in [0.5, 0.6) is 0 Å². The van der Waals surface area contributed by atoms with Gasteiger partial charge in [-0.2, -0.15) is 0 Å². The Morgan fingerprint density at radius 1 is 1.00 bits per heavy atom. The van der Waals surface area contributed by atoms with Gasteiger partial charge in [0.2, 0.25) is 0 Å². The van der Waals surface area contributed by atoms with Crippen molar-refractivity contribution < 1.29 is 9.47 Å². The van der Waals surface area contributed by atoms with Crippen LogP contribution in [0.15, 0.2) is 0 Å². The molecule has 0 saturated carbocycles. The first-order valence-corrected chi connectivity index (χ1v) is 6.34. The molecule has 0 spiro atoms. The fraction of sp³-hybridized carbons (Fsp3) is 1.00. The zero-order chi connectivity index (χ0) is 12.1. The normalized spacial score (nSPS) is 11.2. The summed E-state index contributed by atoms with van der Waals surface area (Å²) in [6.45, 7) is 8.61. The second-order valence-corrected chi connectivity index (χ2v) is 3.94. The third kappa shape index (κ3) is 10.4. The highest BCUT2D eigenvalue weighted by Gasteiger charge is 2.02. The maximum absolute atomic E-state index is 5.54. The Kier molecular flexibility index (Phi) is 12.8. The summed E-state index contributed by atoms with van der Waals surface area (Å²) in [5, 5.41) is 0. The van der Waals surface area contributed by atoms with Gasteiger partial charge in [0.25, 0.3) is 0 Å². The van der Waals surface area contributed by atoms with Crippen molar-refractivity contribution in [3.8, 4) is 0 Å². The van der Waals surface area contributed by atoms with E-state index in [0.29, 0.717) is 0 Å². The minimum atomic E-state index is 0.773. The molecular weight excluding hydrogens is 204 g/mol. The molecule has 4 nitrogen and oxygen atoms in total. The first kappa shape index (κ1) is 15.8. The van der Waals surface area contributed by atoms with Crippen molar-refractivity contribution in [2.24, 2.45) is 5.73 Å². The van der Waals surface area contributed by atoms with Crippen molar-refractivity contribution in [2.45, 2.75) is 26.2 Å². The zero-order valence-corrected chi connectivity index (χ0v) is 10.9. The van der Waals surface area contributed by atoms with Crippen molar-refractivity contribution in [1.82, 2.24) is 4.90 Å². The van der Waals surface area contributed by atoms with Crippen LogP contribution in [0.1, 0.15) is 26.2 Å². The minimum absolute atomic E-state index is 0.773. The minimum Gasteiger partial charge on any atom is -0.385 e. The van der Waals surface area contributed by atoms with Gasteiger partial charge in [-0.3, -0.25) is 0 Å². The van der Waals surface area contributed by atoms with E-state index < -0.39 is 0 Å². The van der Waals surface area contributed by atoms with E-state index in [4.69, 9.17) is 15.2 Å². The third-order valence-corrected chi connectivity index (χ3v) is 2.41. The molecule has 4 heteroatoms. The van der Waals surface area contributed by atoms with Gasteiger partial charge in [-0.1, -0.05) is 6.92 Å². The molecule has 2 N–H and O–H groups in total. The van der Waals surface area contributed by atoms with Crippen molar-refractivity contribution >= 4 is 0 Å². The van der Waals surface area contributed by atoms with Gasteiger partial charge in [0.05, 0.1) is 6.61 Å². The summed E-state index contributed by atoms with van der Waals surface area (Å²) in [7, 11) is 1.72. The lowest BCUT2D eigenvalue weighted by Crippen LogP contribution is -2.30. The molecule has 0 rings (SSSR count). The van der Waals surface area contributed by atoms with Gasteiger partial charge in [0.1, 0.15) is 0 Å². The summed E-state index contributed by atoms with van der Waals surface area (Å²) in [6.07, 6.45) is 3.24. The molecule has 0 aromatic rings. The molecule has 0 atom stereocenters. The fourth-order valence-electron chi connectivity index (χ4n) is 1.57. The summed E-state index contributed by atoms with van der Waals surface area (Å²) in [6, 6.07) is 0. The average molecular weight is 232 g/mol. The van der Waals surface area contributed by atoms with Crippen LogP contribution in [-0.2, 0) is 9.47 Å². The van der Waals surface area contributed by atoms with Crippen LogP contribution >= 0.6 is 0 Å². The molecule has 0 unspecified atom stereocenters. The molecule has 98 valence electrons. The van der Waals surface area contributed by atoms with Crippen LogP contribution in [0.4, 0.5) is 0 Å². The number of ether oxygens (including phenoxy) is 2. The van der Waals surface area contributed by atoms with Crippen LogP contribution in [0.25, 0.3) is 0 Å². The maximum Gasteiger partial charge on any atom is 0.0593 e. The van der Waals surface area contributed by atoms with Gasteiger partial charge in [-0.25, -0.2) is 0 Å². The molecule has 0 aliphatic carbocycles. The molecule has 0 aromatic carbocycles. The van der Waals surface area contributed by atoms with Gasteiger partial charge in [-0.05, 0) is 38.9 Å². The lowest BCUT2D eigenvalue weighted by atomic mass is 10.3. The van der Waals surface area contributed by atoms with Gasteiger partial charge in [0.15, 0.2) is 0 Å². The fourth-order valence-corrected chi connectivity index (χ4v) is 1.57. The third-order valence-electron chi connectivity index (χ3n) is 2.41. The smallest absolute Gasteiger partial charge is 0.0593 e. The van der Waals surface area contributed by atoms with Crippen LogP contribution < -0.4 is 5.73 Å². The SMILES string of the molecule is CCCN(CCCN)CCOCCCOC. The molecule has 16 heavy (non-hydrogen) atoms. The number of nitrogens with two attached hydrogens (primary N) is 1. The van der Waals surface area contributed by atoms with Gasteiger partial charge < -0.3 is 20.1 Å². The van der Waals surface area contributed by atoms with E-state index in [0.717, 1.165) is 58.8 Å². The largest absolute Gasteiger partial charge is 0.385 e. The lowest BCUT2D eigenvalue weighted by molar-refractivity contribution is 0.0835. The molecular formula is C12H28N2O2. The van der Waals surface area contributed by atoms with E-state index in [-0.39, 0.29) is 0 Å². The average Bonchev–Trinajstić information content (AvgIpc) is 2.30. The molecule has 0 saturated heterocycles. The first-order chi connectivity index (χ1) is 7.85. The molecule has 0 aliphatic rings. The Morgan fingerprint density at radius 2 is 1.81 bits per heavy atom. The summed E-state index contributed by atoms with van der Waals surface area (Å²) in [4.78, 5) is 2.42. The molecule has 0 heterocycles. The number of hydrogen-bond donors (Lipinski definition) is 1. The highest BCUT2D eigenvalue weighted by atomic mass is 16.5. The van der Waals surface area contributed by atoms with Crippen molar-refractivity contribution in [1.29, 1.82) is 0 Å². The lowest BCUT2D eigenvalue weighted by Gasteiger charge is -2.21. The Morgan fingerprint density at radius 3 is 2.44 bits per heavy atom. The van der Waals surface area contributed by atoms with E-state index in [1.807, 2.05) is 0 Å². The quantitative estimate of drug-likeness (QED) is 0.512. The van der Waals surface area contributed by atoms with E-state index in [1.165, 1.54) is 6.42 Å². The van der Waals surface area contributed by atoms with Gasteiger partial charge in [-0.15, -0.1) is 0 Å². The predicted molar refractivity (Wildman–Crippen MR) is 67.7 cm³/mol. The standard InChI is InChI=1S/C12H28N2O2/c1-3-7-14(8-4-6-13)9-12-16-11-5-10-15-2/h3-13H2,1-2H3. The Hall–Kier alpha value is -0.160. The molecule has 0 radical (unpaired) electrons. The Balaban J connectivity index is 3.36. The van der Waals surface area contributed by atoms with Crippen LogP contribution in [0.3, 0.4) is 0 Å². The number of nitrogens with zero attached hydrogens (tertiary/aromatic N) is 1. The summed E-state index contributed by atoms with van der Waals surface area (Å²) >= 11 is 0. The zero-order valence-electron chi connectivity index (χ0n) is 10.9. The molecule has 0 bridgehead atoms. The maximum atomic E-state index is 5.54. The van der Waals surface area contributed by atoms with E-state index in [1.54, 1.807) is 7.11 Å². The van der Waals surface area contributed by atoms with E-state index in [9.17, 15) is 0 Å². The first-order valence-electron chi connectivity index (χ1n) is 6.34. The molecule has 0 aromatic heterocycles. The van der Waals surface area contributed by atoms with E-state index in [2.05, 4.69) is 11.8 Å².